The summed E-state index contributed by atoms with van der Waals surface area (Å²) in [5.41, 5.74) is 1.57. The lowest BCUT2D eigenvalue weighted by Crippen LogP contribution is -2.42. The lowest BCUT2D eigenvalue weighted by Gasteiger charge is -2.27. The molecule has 1 amide bonds. The van der Waals surface area contributed by atoms with Gasteiger partial charge in [0.05, 0.1) is 0 Å². The number of rotatable bonds is 3. The summed E-state index contributed by atoms with van der Waals surface area (Å²) in [5.74, 6) is 0. The summed E-state index contributed by atoms with van der Waals surface area (Å²) in [5, 5.41) is 6.28. The van der Waals surface area contributed by atoms with Crippen molar-refractivity contribution in [3.63, 3.8) is 0 Å². The van der Waals surface area contributed by atoms with Crippen molar-refractivity contribution in [2.24, 2.45) is 0 Å². The fourth-order valence-electron chi connectivity index (χ4n) is 3.19. The second-order valence-electron chi connectivity index (χ2n) is 7.25. The highest BCUT2D eigenvalue weighted by Gasteiger charge is 2.37. The molecule has 0 aliphatic carbocycles. The summed E-state index contributed by atoms with van der Waals surface area (Å²) in [6.07, 6.45) is 0.862. The molecule has 0 spiro atoms. The number of likely N-dealkylation sites (tertiary alicyclic amines) is 1. The van der Waals surface area contributed by atoms with Gasteiger partial charge in [-0.05, 0) is 44.9 Å². The predicted octanol–water partition coefficient (Wildman–Crippen LogP) is 2.58. The Kier molecular flexibility index (Phi) is 4.10. The molecule has 2 aliphatic rings. The third-order valence-corrected chi connectivity index (χ3v) is 4.15. The fraction of sp³-hybridized carbons (Fsp3) is 0.588. The molecule has 2 N–H and O–H groups in total. The van der Waals surface area contributed by atoms with E-state index in [0.717, 1.165) is 25.3 Å². The van der Waals surface area contributed by atoms with Crippen LogP contribution in [0, 0.1) is 0 Å². The van der Waals surface area contributed by atoms with Gasteiger partial charge in [-0.15, -0.1) is 0 Å². The smallest absolute Gasteiger partial charge is 0.412 e. The van der Waals surface area contributed by atoms with Crippen LogP contribution >= 0.6 is 0 Å². The van der Waals surface area contributed by atoms with E-state index in [0.29, 0.717) is 12.1 Å². The molecular formula is C17H25N3O2. The standard InChI is InChI=1S/C17H25N3O2/c1-17(2,3)22-16(21)19-13-6-4-12(5-7-13)10-20-11-14-8-15(20)9-18-14/h4-7,14-15,18H,8-11H2,1-3H3,(H,19,21)/t14-,15-/m0/s1. The average molecular weight is 303 g/mol. The highest BCUT2D eigenvalue weighted by Crippen LogP contribution is 2.25. The topological polar surface area (TPSA) is 53.6 Å². The normalized spacial score (nSPS) is 24.5. The summed E-state index contributed by atoms with van der Waals surface area (Å²) >= 11 is 0. The Morgan fingerprint density at radius 2 is 2.09 bits per heavy atom. The van der Waals surface area contributed by atoms with Crippen LogP contribution in [0.25, 0.3) is 0 Å². The van der Waals surface area contributed by atoms with E-state index in [9.17, 15) is 4.79 Å². The lowest BCUT2D eigenvalue weighted by atomic mass is 10.1. The third kappa shape index (κ3) is 3.78. The number of nitrogens with zero attached hydrogens (tertiary/aromatic N) is 1. The molecule has 2 atom stereocenters. The molecule has 2 saturated heterocycles. The molecule has 120 valence electrons. The summed E-state index contributed by atoms with van der Waals surface area (Å²) < 4.78 is 5.25. The largest absolute Gasteiger partial charge is 0.444 e. The zero-order valence-electron chi connectivity index (χ0n) is 13.6. The second kappa shape index (κ2) is 5.89. The van der Waals surface area contributed by atoms with Gasteiger partial charge in [0, 0.05) is 37.4 Å². The number of piperazine rings is 1. The van der Waals surface area contributed by atoms with Gasteiger partial charge in [-0.25, -0.2) is 4.79 Å². The first kappa shape index (κ1) is 15.3. The Morgan fingerprint density at radius 1 is 1.36 bits per heavy atom. The van der Waals surface area contributed by atoms with E-state index in [2.05, 4.69) is 27.7 Å². The maximum atomic E-state index is 11.7. The van der Waals surface area contributed by atoms with Gasteiger partial charge < -0.3 is 10.1 Å². The van der Waals surface area contributed by atoms with Crippen molar-refractivity contribution in [3.8, 4) is 0 Å². The number of amides is 1. The molecule has 2 bridgehead atoms. The van der Waals surface area contributed by atoms with Crippen molar-refractivity contribution in [1.82, 2.24) is 10.2 Å². The molecule has 0 unspecified atom stereocenters. The van der Waals surface area contributed by atoms with E-state index < -0.39 is 11.7 Å². The molecule has 2 heterocycles. The number of carbonyl (C=O) groups excluding carboxylic acids is 1. The van der Waals surface area contributed by atoms with Gasteiger partial charge in [0.1, 0.15) is 5.60 Å². The van der Waals surface area contributed by atoms with Gasteiger partial charge in [0.25, 0.3) is 0 Å². The van der Waals surface area contributed by atoms with Crippen LogP contribution in [0.4, 0.5) is 10.5 Å². The van der Waals surface area contributed by atoms with Crippen LogP contribution in [-0.2, 0) is 11.3 Å². The Hall–Kier alpha value is -1.59. The number of anilines is 1. The highest BCUT2D eigenvalue weighted by molar-refractivity contribution is 5.84. The van der Waals surface area contributed by atoms with Crippen LogP contribution in [0.1, 0.15) is 32.8 Å². The lowest BCUT2D eigenvalue weighted by molar-refractivity contribution is 0.0636. The molecule has 0 saturated carbocycles. The van der Waals surface area contributed by atoms with E-state index in [4.69, 9.17) is 4.74 Å². The number of hydrogen-bond acceptors (Lipinski definition) is 4. The van der Waals surface area contributed by atoms with Gasteiger partial charge in [0.15, 0.2) is 0 Å². The van der Waals surface area contributed by atoms with Crippen molar-refractivity contribution in [2.45, 2.75) is 51.4 Å². The molecule has 1 aromatic carbocycles. The Bertz CT molecular complexity index is 536. The molecule has 0 radical (unpaired) electrons. The number of ether oxygens (including phenoxy) is 1. The van der Waals surface area contributed by atoms with Crippen LogP contribution < -0.4 is 10.6 Å². The van der Waals surface area contributed by atoms with Crippen molar-refractivity contribution >= 4 is 11.8 Å². The first-order chi connectivity index (χ1) is 10.4. The molecule has 5 heteroatoms. The molecule has 2 fully saturated rings. The fourth-order valence-corrected chi connectivity index (χ4v) is 3.19. The third-order valence-electron chi connectivity index (χ3n) is 4.15. The Morgan fingerprint density at radius 3 is 2.64 bits per heavy atom. The van der Waals surface area contributed by atoms with Gasteiger partial charge in [-0.2, -0.15) is 0 Å². The van der Waals surface area contributed by atoms with Crippen LogP contribution in [0.2, 0.25) is 0 Å². The van der Waals surface area contributed by atoms with Gasteiger partial charge >= 0.3 is 6.09 Å². The molecule has 1 aromatic rings. The minimum atomic E-state index is -0.479. The van der Waals surface area contributed by atoms with Crippen LogP contribution in [0.5, 0.6) is 0 Å². The average Bonchev–Trinajstić information content (AvgIpc) is 3.01. The second-order valence-corrected chi connectivity index (χ2v) is 7.25. The van der Waals surface area contributed by atoms with E-state index in [-0.39, 0.29) is 0 Å². The van der Waals surface area contributed by atoms with Gasteiger partial charge in [-0.3, -0.25) is 10.2 Å². The number of benzene rings is 1. The Labute approximate surface area is 132 Å². The summed E-state index contributed by atoms with van der Waals surface area (Å²) in [6, 6.07) is 9.39. The SMILES string of the molecule is CC(C)(C)OC(=O)Nc1ccc(CN2C[C@@H]3C[C@H]2CN3)cc1. The Balaban J connectivity index is 1.53. The van der Waals surface area contributed by atoms with E-state index in [1.54, 1.807) is 0 Å². The number of hydrogen-bond donors (Lipinski definition) is 2. The summed E-state index contributed by atoms with van der Waals surface area (Å²) in [6.45, 7) is 8.80. The number of carbonyl (C=O) groups is 1. The molecule has 22 heavy (non-hydrogen) atoms. The highest BCUT2D eigenvalue weighted by atomic mass is 16.6. The van der Waals surface area contributed by atoms with Gasteiger partial charge in [0.2, 0.25) is 0 Å². The molecule has 2 aliphatic heterocycles. The van der Waals surface area contributed by atoms with Gasteiger partial charge in [-0.1, -0.05) is 12.1 Å². The first-order valence-electron chi connectivity index (χ1n) is 7.95. The van der Waals surface area contributed by atoms with E-state index in [1.807, 2.05) is 32.9 Å². The quantitative estimate of drug-likeness (QED) is 0.901. The zero-order valence-corrected chi connectivity index (χ0v) is 13.6. The maximum absolute atomic E-state index is 11.7. The van der Waals surface area contributed by atoms with Crippen LogP contribution in [-0.4, -0.2) is 41.8 Å². The van der Waals surface area contributed by atoms with Crippen molar-refractivity contribution in [1.29, 1.82) is 0 Å². The minimum absolute atomic E-state index is 0.414. The minimum Gasteiger partial charge on any atom is -0.444 e. The van der Waals surface area contributed by atoms with Crippen molar-refractivity contribution in [2.75, 3.05) is 18.4 Å². The molecular weight excluding hydrogens is 278 g/mol. The predicted molar refractivity (Wildman–Crippen MR) is 86.9 cm³/mol. The summed E-state index contributed by atoms with van der Waals surface area (Å²) in [4.78, 5) is 14.3. The first-order valence-corrected chi connectivity index (χ1v) is 7.95. The zero-order chi connectivity index (χ0) is 15.7. The van der Waals surface area contributed by atoms with Crippen LogP contribution in [0.3, 0.4) is 0 Å². The van der Waals surface area contributed by atoms with Crippen LogP contribution in [0.15, 0.2) is 24.3 Å². The number of fused-ring (bicyclic) bond motifs is 2. The molecule has 5 nitrogen and oxygen atoms in total. The number of nitrogens with one attached hydrogen (secondary N) is 2. The molecule has 3 rings (SSSR count). The van der Waals surface area contributed by atoms with E-state index in [1.165, 1.54) is 12.0 Å². The van der Waals surface area contributed by atoms with Crippen molar-refractivity contribution < 1.29 is 9.53 Å². The van der Waals surface area contributed by atoms with Crippen molar-refractivity contribution in [3.05, 3.63) is 29.8 Å². The summed E-state index contributed by atoms with van der Waals surface area (Å²) in [7, 11) is 0. The van der Waals surface area contributed by atoms with E-state index >= 15 is 0 Å². The monoisotopic (exact) mass is 303 g/mol. The maximum Gasteiger partial charge on any atom is 0.412 e. The molecule has 0 aromatic heterocycles.